The first-order valence-corrected chi connectivity index (χ1v) is 10.4. The molecular weight excluding hydrogens is 394 g/mol. The second kappa shape index (κ2) is 9.64. The molecule has 1 aliphatic heterocycles. The molecule has 31 heavy (non-hydrogen) atoms. The Kier molecular flexibility index (Phi) is 6.95. The van der Waals surface area contributed by atoms with E-state index in [4.69, 9.17) is 4.74 Å². The Bertz CT molecular complexity index is 987. The summed E-state index contributed by atoms with van der Waals surface area (Å²) in [6.45, 7) is 2.24. The molecule has 3 rings (SSSR count). The van der Waals surface area contributed by atoms with Crippen LogP contribution in [0.2, 0.25) is 0 Å². The molecule has 2 aromatic carbocycles. The molecule has 1 N–H and O–H groups in total. The van der Waals surface area contributed by atoms with Crippen molar-refractivity contribution in [2.45, 2.75) is 38.8 Å². The van der Waals surface area contributed by atoms with Crippen LogP contribution in [0.3, 0.4) is 0 Å². The number of likely N-dealkylation sites (N-methyl/N-ethyl adjacent to an activating group) is 1. The highest BCUT2D eigenvalue weighted by molar-refractivity contribution is 5.98. The van der Waals surface area contributed by atoms with E-state index in [1.54, 1.807) is 50.4 Å². The average Bonchev–Trinajstić information content (AvgIpc) is 2.77. The van der Waals surface area contributed by atoms with E-state index in [1.165, 1.54) is 4.90 Å². The Balaban J connectivity index is 1.94. The van der Waals surface area contributed by atoms with Crippen LogP contribution in [-0.2, 0) is 22.6 Å². The van der Waals surface area contributed by atoms with Gasteiger partial charge in [0, 0.05) is 44.7 Å². The highest BCUT2D eigenvalue weighted by Gasteiger charge is 2.36. The molecule has 3 amide bonds. The molecule has 0 bridgehead atoms. The van der Waals surface area contributed by atoms with Gasteiger partial charge in [0.1, 0.15) is 11.8 Å². The van der Waals surface area contributed by atoms with Crippen LogP contribution in [0.1, 0.15) is 41.3 Å². The molecule has 0 spiro atoms. The molecule has 0 aromatic heterocycles. The lowest BCUT2D eigenvalue weighted by atomic mass is 9.92. The van der Waals surface area contributed by atoms with Crippen molar-refractivity contribution < 1.29 is 19.1 Å². The van der Waals surface area contributed by atoms with Gasteiger partial charge in [-0.25, -0.2) is 0 Å². The molecule has 2 aromatic rings. The molecule has 7 heteroatoms. The molecule has 0 aliphatic carbocycles. The van der Waals surface area contributed by atoms with Gasteiger partial charge in [-0.15, -0.1) is 0 Å². The molecule has 0 saturated carbocycles. The maximum atomic E-state index is 13.4. The first-order chi connectivity index (χ1) is 14.8. The fraction of sp³-hybridized carbons (Fsp3) is 0.375. The summed E-state index contributed by atoms with van der Waals surface area (Å²) in [6, 6.07) is 12.0. The third kappa shape index (κ3) is 5.05. The Labute approximate surface area is 183 Å². The quantitative estimate of drug-likeness (QED) is 0.774. The molecule has 164 valence electrons. The van der Waals surface area contributed by atoms with Gasteiger partial charge >= 0.3 is 0 Å². The third-order valence-electron chi connectivity index (χ3n) is 5.40. The number of nitrogens with zero attached hydrogens (tertiary/aromatic N) is 2. The van der Waals surface area contributed by atoms with E-state index >= 15 is 0 Å². The van der Waals surface area contributed by atoms with Gasteiger partial charge in [-0.05, 0) is 47.9 Å². The summed E-state index contributed by atoms with van der Waals surface area (Å²) in [4.78, 5) is 41.4. The Morgan fingerprint density at radius 1 is 1.13 bits per heavy atom. The highest BCUT2D eigenvalue weighted by atomic mass is 16.5. The van der Waals surface area contributed by atoms with Crippen molar-refractivity contribution in [3.63, 3.8) is 0 Å². The van der Waals surface area contributed by atoms with E-state index in [0.29, 0.717) is 29.8 Å². The summed E-state index contributed by atoms with van der Waals surface area (Å²) in [6.07, 6.45) is 1.65. The van der Waals surface area contributed by atoms with Crippen LogP contribution >= 0.6 is 0 Å². The zero-order chi connectivity index (χ0) is 22.5. The second-order valence-corrected chi connectivity index (χ2v) is 7.90. The minimum absolute atomic E-state index is 0.0387. The largest absolute Gasteiger partial charge is 0.497 e. The fourth-order valence-electron chi connectivity index (χ4n) is 3.77. The number of nitrogens with one attached hydrogen (secondary N) is 1. The number of methoxy groups -OCH3 is 1. The van der Waals surface area contributed by atoms with Crippen molar-refractivity contribution >= 4 is 23.4 Å². The number of benzene rings is 2. The number of anilines is 1. The molecule has 1 unspecified atom stereocenters. The van der Waals surface area contributed by atoms with Crippen LogP contribution in [-0.4, -0.2) is 54.8 Å². The van der Waals surface area contributed by atoms with Crippen LogP contribution in [0, 0.1) is 0 Å². The minimum Gasteiger partial charge on any atom is -0.497 e. The van der Waals surface area contributed by atoms with Crippen LogP contribution in [0.4, 0.5) is 5.69 Å². The van der Waals surface area contributed by atoms with E-state index < -0.39 is 6.04 Å². The topological polar surface area (TPSA) is 79.0 Å². The van der Waals surface area contributed by atoms with E-state index in [-0.39, 0.29) is 24.3 Å². The van der Waals surface area contributed by atoms with Gasteiger partial charge in [0.05, 0.1) is 7.11 Å². The average molecular weight is 424 g/mol. The standard InChI is InChI=1S/C24H29N3O4/c1-5-7-22(28)25-19-11-10-16-14-21(24(30)26(2)3)27(15-18(16)12-19)23(29)17-8-6-9-20(13-17)31-4/h6,8-13,21H,5,7,14-15H2,1-4H3,(H,25,28). The molecule has 7 nitrogen and oxygen atoms in total. The van der Waals surface area contributed by atoms with Crippen LogP contribution in [0.15, 0.2) is 42.5 Å². The Morgan fingerprint density at radius 2 is 1.90 bits per heavy atom. The molecule has 0 fully saturated rings. The lowest BCUT2D eigenvalue weighted by Gasteiger charge is -2.37. The number of carbonyl (C=O) groups excluding carboxylic acids is 3. The van der Waals surface area contributed by atoms with E-state index in [0.717, 1.165) is 17.5 Å². The number of fused-ring (bicyclic) bond motifs is 1. The van der Waals surface area contributed by atoms with Crippen LogP contribution in [0.25, 0.3) is 0 Å². The second-order valence-electron chi connectivity index (χ2n) is 7.90. The predicted octanol–water partition coefficient (Wildman–Crippen LogP) is 3.09. The number of rotatable bonds is 6. The smallest absolute Gasteiger partial charge is 0.254 e. The van der Waals surface area contributed by atoms with Gasteiger partial charge in [-0.3, -0.25) is 14.4 Å². The third-order valence-corrected chi connectivity index (χ3v) is 5.40. The predicted molar refractivity (Wildman–Crippen MR) is 119 cm³/mol. The monoisotopic (exact) mass is 423 g/mol. The maximum Gasteiger partial charge on any atom is 0.254 e. The summed E-state index contributed by atoms with van der Waals surface area (Å²) in [5, 5.41) is 2.90. The van der Waals surface area contributed by atoms with Gasteiger partial charge in [0.2, 0.25) is 11.8 Å². The van der Waals surface area contributed by atoms with Gasteiger partial charge in [0.15, 0.2) is 0 Å². The summed E-state index contributed by atoms with van der Waals surface area (Å²) in [7, 11) is 4.93. The SMILES string of the molecule is CCCC(=O)Nc1ccc2c(c1)CN(C(=O)c1cccc(OC)c1)C(C(=O)N(C)C)C2. The lowest BCUT2D eigenvalue weighted by molar-refractivity contribution is -0.134. The molecule has 0 saturated heterocycles. The van der Waals surface area contributed by atoms with Crippen molar-refractivity contribution in [2.75, 3.05) is 26.5 Å². The zero-order valence-corrected chi connectivity index (χ0v) is 18.5. The van der Waals surface area contributed by atoms with Crippen molar-refractivity contribution in [1.82, 2.24) is 9.80 Å². The van der Waals surface area contributed by atoms with E-state index in [1.807, 2.05) is 25.1 Å². The van der Waals surface area contributed by atoms with Crippen LogP contribution < -0.4 is 10.1 Å². The molecule has 1 atom stereocenters. The van der Waals surface area contributed by atoms with E-state index in [9.17, 15) is 14.4 Å². The van der Waals surface area contributed by atoms with Gasteiger partial charge in [-0.2, -0.15) is 0 Å². The van der Waals surface area contributed by atoms with Crippen molar-refractivity contribution in [3.05, 3.63) is 59.2 Å². The summed E-state index contributed by atoms with van der Waals surface area (Å²) >= 11 is 0. The highest BCUT2D eigenvalue weighted by Crippen LogP contribution is 2.29. The van der Waals surface area contributed by atoms with Gasteiger partial charge in [0.25, 0.3) is 5.91 Å². The van der Waals surface area contributed by atoms with Crippen molar-refractivity contribution in [2.24, 2.45) is 0 Å². The molecule has 1 heterocycles. The normalized spacial score (nSPS) is 15.1. The zero-order valence-electron chi connectivity index (χ0n) is 18.5. The minimum atomic E-state index is -0.596. The fourth-order valence-corrected chi connectivity index (χ4v) is 3.77. The van der Waals surface area contributed by atoms with Gasteiger partial charge < -0.3 is 19.9 Å². The van der Waals surface area contributed by atoms with Gasteiger partial charge in [-0.1, -0.05) is 19.1 Å². The van der Waals surface area contributed by atoms with E-state index in [2.05, 4.69) is 5.32 Å². The summed E-state index contributed by atoms with van der Waals surface area (Å²) in [5.41, 5.74) is 3.09. The summed E-state index contributed by atoms with van der Waals surface area (Å²) < 4.78 is 5.25. The Hall–Kier alpha value is -3.35. The van der Waals surface area contributed by atoms with Crippen molar-refractivity contribution in [3.8, 4) is 5.75 Å². The number of ether oxygens (including phenoxy) is 1. The number of amides is 3. The number of hydrogen-bond donors (Lipinski definition) is 1. The molecular formula is C24H29N3O4. The van der Waals surface area contributed by atoms with Crippen LogP contribution in [0.5, 0.6) is 5.75 Å². The van der Waals surface area contributed by atoms with Crippen molar-refractivity contribution in [1.29, 1.82) is 0 Å². The molecule has 1 aliphatic rings. The number of carbonyl (C=O) groups is 3. The molecule has 0 radical (unpaired) electrons. The summed E-state index contributed by atoms with van der Waals surface area (Å²) in [5.74, 6) is 0.190. The Morgan fingerprint density at radius 3 is 2.58 bits per heavy atom. The maximum absolute atomic E-state index is 13.4. The first-order valence-electron chi connectivity index (χ1n) is 10.4. The lowest BCUT2D eigenvalue weighted by Crippen LogP contribution is -2.52. The first kappa shape index (κ1) is 22.3. The number of hydrogen-bond acceptors (Lipinski definition) is 4.